The Morgan fingerprint density at radius 3 is 2.77 bits per heavy atom. The molecule has 0 aliphatic rings. The van der Waals surface area contributed by atoms with Crippen LogP contribution in [-0.2, 0) is 11.3 Å². The first-order valence-corrected chi connectivity index (χ1v) is 11.4. The Bertz CT molecular complexity index is 961. The second-order valence-corrected chi connectivity index (χ2v) is 8.43. The van der Waals surface area contributed by atoms with Crippen molar-refractivity contribution < 1.29 is 14.3 Å². The van der Waals surface area contributed by atoms with E-state index in [2.05, 4.69) is 20.5 Å². The highest BCUT2D eigenvalue weighted by Crippen LogP contribution is 2.29. The van der Waals surface area contributed by atoms with Gasteiger partial charge in [-0.3, -0.25) is 4.79 Å². The summed E-state index contributed by atoms with van der Waals surface area (Å²) in [5.41, 5.74) is 0. The van der Waals surface area contributed by atoms with Gasteiger partial charge in [-0.05, 0) is 32.4 Å². The number of benzene rings is 1. The van der Waals surface area contributed by atoms with Crippen LogP contribution in [0.4, 0.5) is 5.13 Å². The lowest BCUT2D eigenvalue weighted by atomic mass is 10.3. The van der Waals surface area contributed by atoms with Gasteiger partial charge in [-0.15, -0.1) is 21.5 Å². The highest BCUT2D eigenvalue weighted by molar-refractivity contribution is 8.00. The van der Waals surface area contributed by atoms with Crippen LogP contribution >= 0.6 is 23.1 Å². The third-order valence-corrected chi connectivity index (χ3v) is 6.39. The molecule has 2 atom stereocenters. The zero-order chi connectivity index (χ0) is 21.5. The second kappa shape index (κ2) is 10.4. The van der Waals surface area contributed by atoms with Gasteiger partial charge in [0, 0.05) is 24.2 Å². The highest BCUT2D eigenvalue weighted by atomic mass is 32.2. The largest absolute Gasteiger partial charge is 0.497 e. The predicted molar refractivity (Wildman–Crippen MR) is 118 cm³/mol. The zero-order valence-corrected chi connectivity index (χ0v) is 19.0. The summed E-state index contributed by atoms with van der Waals surface area (Å²) >= 11 is 2.79. The Labute approximate surface area is 184 Å². The van der Waals surface area contributed by atoms with Crippen molar-refractivity contribution >= 4 is 34.1 Å². The third kappa shape index (κ3) is 5.31. The van der Waals surface area contributed by atoms with Crippen LogP contribution < -0.4 is 14.8 Å². The summed E-state index contributed by atoms with van der Waals surface area (Å²) in [5, 5.41) is 14.3. The van der Waals surface area contributed by atoms with Gasteiger partial charge in [-0.25, -0.2) is 4.98 Å². The number of hydrogen-bond acceptors (Lipinski definition) is 8. The summed E-state index contributed by atoms with van der Waals surface area (Å²) in [5.74, 6) is 2.03. The van der Waals surface area contributed by atoms with E-state index in [9.17, 15) is 4.79 Å². The third-order valence-electron chi connectivity index (χ3n) is 4.35. The van der Waals surface area contributed by atoms with Crippen molar-refractivity contribution in [3.05, 3.63) is 41.7 Å². The molecule has 3 aromatic rings. The van der Waals surface area contributed by atoms with Crippen molar-refractivity contribution in [2.24, 2.45) is 0 Å². The van der Waals surface area contributed by atoms with Crippen molar-refractivity contribution in [1.29, 1.82) is 0 Å². The summed E-state index contributed by atoms with van der Waals surface area (Å²) in [6, 6.07) is 7.44. The molecule has 8 nitrogen and oxygen atoms in total. The number of ether oxygens (including phenoxy) is 2. The Morgan fingerprint density at radius 2 is 2.10 bits per heavy atom. The molecule has 0 spiro atoms. The first-order valence-electron chi connectivity index (χ1n) is 9.66. The van der Waals surface area contributed by atoms with Gasteiger partial charge in [0.1, 0.15) is 11.5 Å². The molecule has 0 aliphatic carbocycles. The Kier molecular flexibility index (Phi) is 7.69. The highest BCUT2D eigenvalue weighted by Gasteiger charge is 2.25. The van der Waals surface area contributed by atoms with E-state index in [1.807, 2.05) is 55.0 Å². The number of nitrogens with one attached hydrogen (secondary N) is 1. The van der Waals surface area contributed by atoms with Crippen molar-refractivity contribution in [2.75, 3.05) is 12.4 Å². The molecule has 0 aliphatic heterocycles. The molecule has 1 amide bonds. The quantitative estimate of drug-likeness (QED) is 0.460. The van der Waals surface area contributed by atoms with Crippen molar-refractivity contribution in [3.63, 3.8) is 0 Å². The maximum Gasteiger partial charge on any atom is 0.239 e. The van der Waals surface area contributed by atoms with Crippen LogP contribution in [0.2, 0.25) is 0 Å². The molecular weight excluding hydrogens is 422 g/mol. The number of aromatic nitrogens is 4. The number of carbonyl (C=O) groups is 1. The van der Waals surface area contributed by atoms with Crippen LogP contribution in [0.1, 0.15) is 39.1 Å². The standard InChI is InChI=1S/C20H25N5O3S2/c1-5-16(18(26)22-19-21-10-11-29-19)30-20-24-23-17(25(20)6-2)13(3)28-15-9-7-8-14(12-15)27-4/h7-13,16H,5-6H2,1-4H3,(H,21,22,26). The van der Waals surface area contributed by atoms with E-state index in [1.54, 1.807) is 13.3 Å². The fourth-order valence-corrected chi connectivity index (χ4v) is 4.39. The van der Waals surface area contributed by atoms with E-state index in [-0.39, 0.29) is 17.3 Å². The fraction of sp³-hybridized carbons (Fsp3) is 0.400. The minimum absolute atomic E-state index is 0.0923. The Balaban J connectivity index is 1.72. The molecule has 0 saturated carbocycles. The average Bonchev–Trinajstić information content (AvgIpc) is 3.41. The number of thioether (sulfide) groups is 1. The van der Waals surface area contributed by atoms with Gasteiger partial charge in [0.25, 0.3) is 0 Å². The number of methoxy groups -OCH3 is 1. The van der Waals surface area contributed by atoms with Gasteiger partial charge in [-0.2, -0.15) is 0 Å². The fourth-order valence-electron chi connectivity index (χ4n) is 2.84. The summed E-state index contributed by atoms with van der Waals surface area (Å²) < 4.78 is 13.3. The second-order valence-electron chi connectivity index (χ2n) is 6.37. The average molecular weight is 448 g/mol. The topological polar surface area (TPSA) is 91.2 Å². The number of amides is 1. The molecule has 0 bridgehead atoms. The number of anilines is 1. The molecule has 30 heavy (non-hydrogen) atoms. The molecular formula is C20H25N5O3S2. The summed E-state index contributed by atoms with van der Waals surface area (Å²) in [6.45, 7) is 6.59. The van der Waals surface area contributed by atoms with Crippen LogP contribution in [0.25, 0.3) is 0 Å². The summed E-state index contributed by atoms with van der Waals surface area (Å²) in [4.78, 5) is 16.7. The first-order chi connectivity index (χ1) is 14.5. The van der Waals surface area contributed by atoms with Gasteiger partial charge in [0.2, 0.25) is 5.91 Å². The minimum Gasteiger partial charge on any atom is -0.497 e. The molecule has 10 heteroatoms. The molecule has 2 heterocycles. The van der Waals surface area contributed by atoms with E-state index in [0.717, 1.165) is 5.75 Å². The van der Waals surface area contributed by atoms with Crippen LogP contribution in [0.15, 0.2) is 41.0 Å². The maximum absolute atomic E-state index is 12.6. The molecule has 2 aromatic heterocycles. The van der Waals surface area contributed by atoms with Crippen LogP contribution in [0, 0.1) is 0 Å². The first kappa shape index (κ1) is 22.1. The van der Waals surface area contributed by atoms with Crippen molar-refractivity contribution in [3.8, 4) is 11.5 Å². The molecule has 1 N–H and O–H groups in total. The summed E-state index contributed by atoms with van der Waals surface area (Å²) in [7, 11) is 1.62. The summed E-state index contributed by atoms with van der Waals surface area (Å²) in [6.07, 6.45) is 2.00. The number of rotatable bonds is 10. The van der Waals surface area contributed by atoms with Crippen molar-refractivity contribution in [2.45, 2.75) is 50.2 Å². The van der Waals surface area contributed by atoms with E-state index in [0.29, 0.717) is 34.8 Å². The minimum atomic E-state index is -0.317. The molecule has 0 fully saturated rings. The predicted octanol–water partition coefficient (Wildman–Crippen LogP) is 4.41. The van der Waals surface area contributed by atoms with Crippen LogP contribution in [0.5, 0.6) is 11.5 Å². The Morgan fingerprint density at radius 1 is 1.30 bits per heavy atom. The van der Waals surface area contributed by atoms with Gasteiger partial charge in [0.15, 0.2) is 22.2 Å². The SMILES string of the molecule is CCC(Sc1nnc(C(C)Oc2cccc(OC)c2)n1CC)C(=O)Nc1nccs1. The van der Waals surface area contributed by atoms with Crippen LogP contribution in [-0.4, -0.2) is 38.0 Å². The van der Waals surface area contributed by atoms with Gasteiger partial charge in [-0.1, -0.05) is 24.8 Å². The normalized spacial score (nSPS) is 12.9. The van der Waals surface area contributed by atoms with E-state index >= 15 is 0 Å². The molecule has 0 radical (unpaired) electrons. The number of carbonyl (C=O) groups excluding carboxylic acids is 1. The monoisotopic (exact) mass is 447 g/mol. The lowest BCUT2D eigenvalue weighted by Crippen LogP contribution is -2.25. The lowest BCUT2D eigenvalue weighted by molar-refractivity contribution is -0.115. The Hall–Kier alpha value is -2.59. The molecule has 3 rings (SSSR count). The van der Waals surface area contributed by atoms with E-state index in [1.165, 1.54) is 23.1 Å². The van der Waals surface area contributed by atoms with Crippen LogP contribution in [0.3, 0.4) is 0 Å². The van der Waals surface area contributed by atoms with Gasteiger partial charge < -0.3 is 19.4 Å². The van der Waals surface area contributed by atoms with Gasteiger partial charge >= 0.3 is 0 Å². The molecule has 1 aromatic carbocycles. The maximum atomic E-state index is 12.6. The van der Waals surface area contributed by atoms with E-state index in [4.69, 9.17) is 9.47 Å². The number of nitrogens with zero attached hydrogens (tertiary/aromatic N) is 4. The molecule has 2 unspecified atom stereocenters. The van der Waals surface area contributed by atoms with Gasteiger partial charge in [0.05, 0.1) is 12.4 Å². The lowest BCUT2D eigenvalue weighted by Gasteiger charge is -2.17. The molecule has 160 valence electrons. The van der Waals surface area contributed by atoms with E-state index < -0.39 is 0 Å². The zero-order valence-electron chi connectivity index (χ0n) is 17.4. The van der Waals surface area contributed by atoms with Crippen molar-refractivity contribution in [1.82, 2.24) is 19.7 Å². The number of hydrogen-bond donors (Lipinski definition) is 1. The smallest absolute Gasteiger partial charge is 0.239 e. The molecule has 0 saturated heterocycles. The number of thiazole rings is 1.